The lowest BCUT2D eigenvalue weighted by atomic mass is 10.2. The molecule has 0 spiro atoms. The second kappa shape index (κ2) is 8.77. The minimum atomic E-state index is -0.587. The number of anilines is 1. The summed E-state index contributed by atoms with van der Waals surface area (Å²) >= 11 is 6.84. The second-order valence-corrected chi connectivity index (χ2v) is 6.96. The molecule has 0 heterocycles. The highest BCUT2D eigenvalue weighted by molar-refractivity contribution is 9.11. The van der Waals surface area contributed by atoms with Crippen LogP contribution in [0.2, 0.25) is 0 Å². The second-order valence-electron chi connectivity index (χ2n) is 5.25. The van der Waals surface area contributed by atoms with Crippen LogP contribution in [0.1, 0.15) is 11.1 Å². The number of phenolic OH excluding ortho intramolecular Hbond substituents is 1. The van der Waals surface area contributed by atoms with Crippen molar-refractivity contribution < 1.29 is 14.8 Å². The number of rotatable bonds is 6. The molecule has 2 aromatic carbocycles. The van der Waals surface area contributed by atoms with E-state index in [2.05, 4.69) is 47.7 Å². The average Bonchev–Trinajstić information content (AvgIpc) is 2.55. The molecule has 2 aromatic rings. The molecule has 3 N–H and O–H groups in total. The van der Waals surface area contributed by atoms with E-state index in [1.807, 2.05) is 19.1 Å². The molecule has 0 aromatic heterocycles. The molecule has 2 rings (SSSR count). The molecule has 0 aliphatic carbocycles. The number of hydrazone groups is 1. The molecular formula is C16H14Br2N4O4. The van der Waals surface area contributed by atoms with Crippen molar-refractivity contribution in [3.63, 3.8) is 0 Å². The van der Waals surface area contributed by atoms with E-state index in [0.717, 1.165) is 32.5 Å². The number of benzene rings is 2. The summed E-state index contributed by atoms with van der Waals surface area (Å²) in [6.07, 6.45) is 1.14. The Balaban J connectivity index is 1.96. The van der Waals surface area contributed by atoms with E-state index >= 15 is 0 Å². The van der Waals surface area contributed by atoms with Crippen molar-refractivity contribution in [3.8, 4) is 5.75 Å². The molecule has 0 bridgehead atoms. The number of hydrogen-bond acceptors (Lipinski definition) is 6. The van der Waals surface area contributed by atoms with Gasteiger partial charge >= 0.3 is 0 Å². The molecule has 0 aliphatic rings. The number of halogens is 2. The fourth-order valence-electron chi connectivity index (χ4n) is 2.01. The Hall–Kier alpha value is -2.46. The molecule has 0 atom stereocenters. The number of aromatic hydroxyl groups is 1. The van der Waals surface area contributed by atoms with Gasteiger partial charge in [-0.3, -0.25) is 14.9 Å². The van der Waals surface area contributed by atoms with E-state index in [1.54, 1.807) is 0 Å². The van der Waals surface area contributed by atoms with Gasteiger partial charge in [-0.25, -0.2) is 5.43 Å². The summed E-state index contributed by atoms with van der Waals surface area (Å²) in [5.74, 6) is -0.607. The number of nitro groups is 1. The third kappa shape index (κ3) is 5.27. The highest BCUT2D eigenvalue weighted by Crippen LogP contribution is 2.32. The number of amides is 1. The Labute approximate surface area is 165 Å². The van der Waals surface area contributed by atoms with Crippen molar-refractivity contribution in [2.75, 3.05) is 11.9 Å². The molecule has 0 unspecified atom stereocenters. The first kappa shape index (κ1) is 19.9. The maximum absolute atomic E-state index is 11.9. The molecule has 8 nitrogen and oxygen atoms in total. The Morgan fingerprint density at radius 1 is 1.31 bits per heavy atom. The lowest BCUT2D eigenvalue weighted by Crippen LogP contribution is -2.26. The fourth-order valence-corrected chi connectivity index (χ4v) is 3.71. The van der Waals surface area contributed by atoms with Gasteiger partial charge in [-0.1, -0.05) is 0 Å². The van der Waals surface area contributed by atoms with E-state index in [1.165, 1.54) is 12.1 Å². The van der Waals surface area contributed by atoms with Gasteiger partial charge < -0.3 is 10.4 Å². The first-order valence-electron chi connectivity index (χ1n) is 7.26. The Morgan fingerprint density at radius 3 is 2.58 bits per heavy atom. The molecule has 0 radical (unpaired) electrons. The summed E-state index contributed by atoms with van der Waals surface area (Å²) in [5, 5.41) is 27.1. The van der Waals surface area contributed by atoms with Crippen molar-refractivity contribution >= 4 is 55.4 Å². The van der Waals surface area contributed by atoms with Crippen LogP contribution in [-0.2, 0) is 4.79 Å². The van der Waals surface area contributed by atoms with Crippen molar-refractivity contribution in [1.29, 1.82) is 0 Å². The van der Waals surface area contributed by atoms with Crippen LogP contribution >= 0.6 is 31.9 Å². The molecule has 0 saturated carbocycles. The van der Waals surface area contributed by atoms with Crippen LogP contribution in [0.5, 0.6) is 5.75 Å². The number of carbonyl (C=O) groups is 1. The summed E-state index contributed by atoms with van der Waals surface area (Å²) < 4.78 is 1.62. The Kier molecular flexibility index (Phi) is 6.70. The predicted octanol–water partition coefficient (Wildman–Crippen LogP) is 3.70. The predicted molar refractivity (Wildman–Crippen MR) is 106 cm³/mol. The Bertz CT molecular complexity index is 864. The standard InChI is InChI=1S/C16H14Br2N4O4/c1-9-4-12(17)16(13(18)5-9)19-8-15(24)21-20-7-10-6-11(22(25)26)2-3-14(10)23/h2-7,19,23H,8H2,1H3,(H,21,24)/b20-7+. The van der Waals surface area contributed by atoms with E-state index in [0.29, 0.717) is 0 Å². The summed E-state index contributed by atoms with van der Waals surface area (Å²) in [5.41, 5.74) is 4.00. The summed E-state index contributed by atoms with van der Waals surface area (Å²) in [6.45, 7) is 1.91. The van der Waals surface area contributed by atoms with Gasteiger partial charge in [0.25, 0.3) is 11.6 Å². The topological polar surface area (TPSA) is 117 Å². The minimum absolute atomic E-state index is 0.0431. The molecule has 1 amide bonds. The van der Waals surface area contributed by atoms with Gasteiger partial charge in [0.2, 0.25) is 0 Å². The van der Waals surface area contributed by atoms with Crippen molar-refractivity contribution in [2.45, 2.75) is 6.92 Å². The number of phenols is 1. The van der Waals surface area contributed by atoms with Crippen molar-refractivity contribution in [1.82, 2.24) is 5.43 Å². The van der Waals surface area contributed by atoms with E-state index in [-0.39, 0.29) is 23.5 Å². The van der Waals surface area contributed by atoms with Crippen molar-refractivity contribution in [3.05, 3.63) is 60.5 Å². The monoisotopic (exact) mass is 484 g/mol. The number of hydrogen-bond donors (Lipinski definition) is 3. The third-order valence-electron chi connectivity index (χ3n) is 3.23. The van der Waals surface area contributed by atoms with Gasteiger partial charge in [-0.15, -0.1) is 0 Å². The highest BCUT2D eigenvalue weighted by atomic mass is 79.9. The van der Waals surface area contributed by atoms with Crippen LogP contribution in [0.3, 0.4) is 0 Å². The zero-order chi connectivity index (χ0) is 19.3. The molecule has 10 heteroatoms. The first-order valence-corrected chi connectivity index (χ1v) is 8.85. The number of nitro benzene ring substituents is 1. The zero-order valence-electron chi connectivity index (χ0n) is 13.5. The molecule has 0 aliphatic heterocycles. The van der Waals surface area contributed by atoms with Gasteiger partial charge in [-0.2, -0.15) is 5.10 Å². The molecule has 0 saturated heterocycles. The van der Waals surface area contributed by atoms with Crippen LogP contribution < -0.4 is 10.7 Å². The van der Waals surface area contributed by atoms with Crippen LogP contribution in [-0.4, -0.2) is 28.7 Å². The normalized spacial score (nSPS) is 10.7. The van der Waals surface area contributed by atoms with Crippen LogP contribution in [0, 0.1) is 17.0 Å². The lowest BCUT2D eigenvalue weighted by Gasteiger charge is -2.11. The van der Waals surface area contributed by atoms with Crippen LogP contribution in [0.4, 0.5) is 11.4 Å². The maximum Gasteiger partial charge on any atom is 0.270 e. The highest BCUT2D eigenvalue weighted by Gasteiger charge is 2.10. The van der Waals surface area contributed by atoms with Gasteiger partial charge in [0.1, 0.15) is 5.75 Å². The molecular weight excluding hydrogens is 472 g/mol. The third-order valence-corrected chi connectivity index (χ3v) is 4.48. The van der Waals surface area contributed by atoms with Gasteiger partial charge in [0, 0.05) is 26.6 Å². The van der Waals surface area contributed by atoms with Gasteiger partial charge in [0.15, 0.2) is 0 Å². The van der Waals surface area contributed by atoms with E-state index < -0.39 is 10.8 Å². The summed E-state index contributed by atoms with van der Waals surface area (Å²) in [7, 11) is 0. The molecule has 0 fully saturated rings. The van der Waals surface area contributed by atoms with Crippen LogP contribution in [0.15, 0.2) is 44.4 Å². The first-order chi connectivity index (χ1) is 12.3. The summed E-state index contributed by atoms with van der Waals surface area (Å²) in [4.78, 5) is 22.0. The van der Waals surface area contributed by atoms with Gasteiger partial charge in [-0.05, 0) is 62.5 Å². The van der Waals surface area contributed by atoms with Crippen molar-refractivity contribution in [2.24, 2.45) is 5.10 Å². The number of carbonyl (C=O) groups excluding carboxylic acids is 1. The van der Waals surface area contributed by atoms with Gasteiger partial charge in [0.05, 0.1) is 23.4 Å². The number of aryl methyl sites for hydroxylation is 1. The Morgan fingerprint density at radius 2 is 1.96 bits per heavy atom. The van der Waals surface area contributed by atoms with Crippen LogP contribution in [0.25, 0.3) is 0 Å². The lowest BCUT2D eigenvalue weighted by molar-refractivity contribution is -0.384. The minimum Gasteiger partial charge on any atom is -0.507 e. The fraction of sp³-hybridized carbons (Fsp3) is 0.125. The van der Waals surface area contributed by atoms with E-state index in [9.17, 15) is 20.0 Å². The smallest absolute Gasteiger partial charge is 0.270 e. The molecule has 26 heavy (non-hydrogen) atoms. The zero-order valence-corrected chi connectivity index (χ0v) is 16.7. The molecule has 136 valence electrons. The summed E-state index contributed by atoms with van der Waals surface area (Å²) in [6, 6.07) is 7.34. The number of nitrogens with one attached hydrogen (secondary N) is 2. The SMILES string of the molecule is Cc1cc(Br)c(NCC(=O)N/N=C/c2cc([N+](=O)[O-])ccc2O)c(Br)c1. The number of non-ortho nitro benzene ring substituents is 1. The largest absolute Gasteiger partial charge is 0.507 e. The quantitative estimate of drug-likeness (QED) is 0.327. The van der Waals surface area contributed by atoms with E-state index in [4.69, 9.17) is 0 Å². The number of nitrogens with zero attached hydrogens (tertiary/aromatic N) is 2. The maximum atomic E-state index is 11.9. The average molecular weight is 486 g/mol.